The number of carboxylic acid groups (broad SMARTS) is 1. The van der Waals surface area contributed by atoms with Gasteiger partial charge in [0.1, 0.15) is 10.6 Å². The van der Waals surface area contributed by atoms with Crippen molar-refractivity contribution in [2.75, 3.05) is 12.8 Å². The summed E-state index contributed by atoms with van der Waals surface area (Å²) in [5.41, 5.74) is -0.103. The molecule has 1 aromatic rings. The highest BCUT2D eigenvalue weighted by Gasteiger charge is 2.20. The van der Waals surface area contributed by atoms with Crippen LogP contribution in [-0.4, -0.2) is 46.3 Å². The smallest absolute Gasteiger partial charge is 0.352 e. The second-order valence-corrected chi connectivity index (χ2v) is 8.04. The lowest BCUT2D eigenvalue weighted by Crippen LogP contribution is -2.27. The minimum Gasteiger partial charge on any atom is -0.477 e. The highest BCUT2D eigenvalue weighted by Crippen LogP contribution is 2.13. The number of rotatable bonds is 7. The summed E-state index contributed by atoms with van der Waals surface area (Å²) in [4.78, 5) is 10.8. The Balaban J connectivity index is 2.77. The van der Waals surface area contributed by atoms with Gasteiger partial charge in [-0.05, 0) is 12.5 Å². The first-order valence-corrected chi connectivity index (χ1v) is 8.97. The first-order valence-electron chi connectivity index (χ1n) is 5.86. The van der Waals surface area contributed by atoms with Crippen molar-refractivity contribution < 1.29 is 22.5 Å². The molecular formula is C11H18N2O5S2. The third-order valence-electron chi connectivity index (χ3n) is 2.92. The summed E-state index contributed by atoms with van der Waals surface area (Å²) in [7, 11) is -3.29. The van der Waals surface area contributed by atoms with Crippen LogP contribution in [0.5, 0.6) is 0 Å². The second kappa shape index (κ2) is 6.51. The summed E-state index contributed by atoms with van der Waals surface area (Å²) in [5, 5.41) is 8.78. The van der Waals surface area contributed by atoms with E-state index < -0.39 is 26.8 Å². The lowest BCUT2D eigenvalue weighted by molar-refractivity contribution is 0.0686. The van der Waals surface area contributed by atoms with Crippen LogP contribution in [0.25, 0.3) is 0 Å². The average Bonchev–Trinajstić information content (AvgIpc) is 2.71. The molecule has 7 nitrogen and oxygen atoms in total. The molecule has 20 heavy (non-hydrogen) atoms. The molecule has 0 aliphatic rings. The highest BCUT2D eigenvalue weighted by molar-refractivity contribution is 7.89. The number of carboxylic acids is 1. The Hall–Kier alpha value is -1.19. The monoisotopic (exact) mass is 322 g/mol. The molecule has 9 heteroatoms. The number of hydrogen-bond donors (Lipinski definition) is 2. The van der Waals surface area contributed by atoms with Crippen molar-refractivity contribution in [2.45, 2.75) is 23.5 Å². The number of aromatic nitrogens is 1. The third kappa shape index (κ3) is 4.15. The summed E-state index contributed by atoms with van der Waals surface area (Å²) in [5.74, 6) is -1.19. The summed E-state index contributed by atoms with van der Waals surface area (Å²) >= 11 is 0. The van der Waals surface area contributed by atoms with Crippen molar-refractivity contribution >= 4 is 26.8 Å². The van der Waals surface area contributed by atoms with E-state index in [-0.39, 0.29) is 22.4 Å². The number of hydrogen-bond acceptors (Lipinski definition) is 4. The molecule has 0 aromatic carbocycles. The zero-order valence-electron chi connectivity index (χ0n) is 11.5. The molecule has 0 bridgehead atoms. The van der Waals surface area contributed by atoms with Gasteiger partial charge in [0.2, 0.25) is 10.0 Å². The Bertz CT molecular complexity index is 621. The predicted octanol–water partition coefficient (Wildman–Crippen LogP) is 0.159. The fraction of sp³-hybridized carbons (Fsp3) is 0.545. The molecule has 0 fully saturated rings. The Morgan fingerprint density at radius 2 is 2.15 bits per heavy atom. The van der Waals surface area contributed by atoms with Crippen molar-refractivity contribution in [1.82, 2.24) is 9.29 Å². The van der Waals surface area contributed by atoms with Crippen molar-refractivity contribution in [3.05, 3.63) is 18.0 Å². The van der Waals surface area contributed by atoms with Gasteiger partial charge in [-0.2, -0.15) is 0 Å². The van der Waals surface area contributed by atoms with Crippen LogP contribution in [0, 0.1) is 0 Å². The van der Waals surface area contributed by atoms with Crippen molar-refractivity contribution in [3.8, 4) is 0 Å². The molecule has 0 aliphatic heterocycles. The van der Waals surface area contributed by atoms with E-state index in [1.54, 1.807) is 13.2 Å². The van der Waals surface area contributed by atoms with Crippen LogP contribution in [0.4, 0.5) is 0 Å². The number of aryl methyl sites for hydroxylation is 1. The maximum Gasteiger partial charge on any atom is 0.352 e. The van der Waals surface area contributed by atoms with E-state index >= 15 is 0 Å². The molecule has 114 valence electrons. The fourth-order valence-electron chi connectivity index (χ4n) is 1.54. The lowest BCUT2D eigenvalue weighted by Gasteiger charge is -2.09. The van der Waals surface area contributed by atoms with Gasteiger partial charge < -0.3 is 9.67 Å². The predicted molar refractivity (Wildman–Crippen MR) is 75.7 cm³/mol. The maximum atomic E-state index is 12.0. The average molecular weight is 322 g/mol. The first-order chi connectivity index (χ1) is 9.15. The number of carbonyl (C=O) groups is 1. The second-order valence-electron chi connectivity index (χ2n) is 4.47. The van der Waals surface area contributed by atoms with Crippen molar-refractivity contribution in [1.29, 1.82) is 0 Å². The van der Waals surface area contributed by atoms with Gasteiger partial charge in [-0.25, -0.2) is 17.9 Å². The third-order valence-corrected chi connectivity index (χ3v) is 5.72. The quantitative estimate of drug-likeness (QED) is 0.744. The standard InChI is InChI=1S/C11H18N2O5S2/c1-8(19(3)16)4-5-12-20(17,18)9-6-10(11(14)15)13(2)7-9/h6-8,12H,4-5H2,1-3H3,(H,14,15). The van der Waals surface area contributed by atoms with Gasteiger partial charge in [0.15, 0.2) is 0 Å². The SMILES string of the molecule is CC(CCNS(=O)(=O)c1cc(C(=O)O)n(C)c1)S(C)=O. The molecule has 1 rings (SSSR count). The molecule has 1 heterocycles. The zero-order chi connectivity index (χ0) is 15.5. The summed E-state index contributed by atoms with van der Waals surface area (Å²) < 4.78 is 38.7. The summed E-state index contributed by atoms with van der Waals surface area (Å²) in [6.07, 6.45) is 3.25. The van der Waals surface area contributed by atoms with Crippen LogP contribution in [0.3, 0.4) is 0 Å². The van der Waals surface area contributed by atoms with Crippen molar-refractivity contribution in [2.24, 2.45) is 7.05 Å². The first kappa shape index (κ1) is 16.9. The molecule has 0 saturated heterocycles. The van der Waals surface area contributed by atoms with Crippen LogP contribution in [0.2, 0.25) is 0 Å². The van der Waals surface area contributed by atoms with Gasteiger partial charge >= 0.3 is 5.97 Å². The summed E-state index contributed by atoms with van der Waals surface area (Å²) in [6.45, 7) is 1.93. The van der Waals surface area contributed by atoms with Crippen LogP contribution in [0.1, 0.15) is 23.8 Å². The van der Waals surface area contributed by atoms with Gasteiger partial charge in [-0.1, -0.05) is 6.92 Å². The van der Waals surface area contributed by atoms with E-state index in [1.165, 1.54) is 17.8 Å². The van der Waals surface area contributed by atoms with E-state index in [0.29, 0.717) is 6.42 Å². The minimum atomic E-state index is -3.75. The lowest BCUT2D eigenvalue weighted by atomic mass is 10.3. The largest absolute Gasteiger partial charge is 0.477 e. The van der Waals surface area contributed by atoms with E-state index in [0.717, 1.165) is 6.07 Å². The maximum absolute atomic E-state index is 12.0. The van der Waals surface area contributed by atoms with Crippen LogP contribution in [-0.2, 0) is 27.9 Å². The van der Waals surface area contributed by atoms with E-state index in [9.17, 15) is 17.4 Å². The Kier molecular flexibility index (Phi) is 5.49. The number of sulfonamides is 1. The minimum absolute atomic E-state index is 0.0947. The van der Waals surface area contributed by atoms with E-state index in [2.05, 4.69) is 4.72 Å². The van der Waals surface area contributed by atoms with Gasteiger partial charge in [0.25, 0.3) is 0 Å². The molecule has 2 atom stereocenters. The molecule has 2 N–H and O–H groups in total. The van der Waals surface area contributed by atoms with Crippen molar-refractivity contribution in [3.63, 3.8) is 0 Å². The van der Waals surface area contributed by atoms with Gasteiger partial charge in [-0.3, -0.25) is 4.21 Å². The fourth-order valence-corrected chi connectivity index (χ4v) is 3.11. The topological polar surface area (TPSA) is 105 Å². The van der Waals surface area contributed by atoms with Gasteiger partial charge in [-0.15, -0.1) is 0 Å². The molecule has 0 aliphatic carbocycles. The van der Waals surface area contributed by atoms with Crippen LogP contribution < -0.4 is 4.72 Å². The van der Waals surface area contributed by atoms with Gasteiger partial charge in [0, 0.05) is 42.1 Å². The molecule has 0 amide bonds. The van der Waals surface area contributed by atoms with E-state index in [1.807, 2.05) is 0 Å². The Labute approximate surface area is 120 Å². The molecule has 1 aromatic heterocycles. The normalized spacial score (nSPS) is 14.9. The van der Waals surface area contributed by atoms with E-state index in [4.69, 9.17) is 5.11 Å². The molecule has 0 spiro atoms. The number of nitrogens with one attached hydrogen (secondary N) is 1. The zero-order valence-corrected chi connectivity index (χ0v) is 13.1. The molecule has 2 unspecified atom stereocenters. The van der Waals surface area contributed by atoms with Crippen LogP contribution in [0.15, 0.2) is 17.2 Å². The van der Waals surface area contributed by atoms with Gasteiger partial charge in [0.05, 0.1) is 0 Å². The Morgan fingerprint density at radius 1 is 1.55 bits per heavy atom. The molecule has 0 radical (unpaired) electrons. The molecular weight excluding hydrogens is 304 g/mol. The molecule has 0 saturated carbocycles. The van der Waals surface area contributed by atoms with Crippen LogP contribution >= 0.6 is 0 Å². The highest BCUT2D eigenvalue weighted by atomic mass is 32.2. The number of nitrogens with zero attached hydrogens (tertiary/aromatic N) is 1. The number of aromatic carboxylic acids is 1. The summed E-state index contributed by atoms with van der Waals surface area (Å²) in [6, 6.07) is 1.10. The Morgan fingerprint density at radius 3 is 2.60 bits per heavy atom.